The van der Waals surface area contributed by atoms with Gasteiger partial charge in [0, 0.05) is 18.7 Å². The zero-order valence-electron chi connectivity index (χ0n) is 8.20. The minimum Gasteiger partial charge on any atom is -0.326 e. The summed E-state index contributed by atoms with van der Waals surface area (Å²) in [5.41, 5.74) is 1.20. The van der Waals surface area contributed by atoms with Gasteiger partial charge in [0.15, 0.2) is 0 Å². The van der Waals surface area contributed by atoms with E-state index in [2.05, 4.69) is 21.2 Å². The molecule has 0 aliphatic carbocycles. The number of carbonyl (C=O) groups is 1. The van der Waals surface area contributed by atoms with E-state index in [0.29, 0.717) is 15.7 Å². The summed E-state index contributed by atoms with van der Waals surface area (Å²) in [5.74, 6) is -0.209. The second-order valence-corrected chi connectivity index (χ2v) is 3.80. The highest BCUT2D eigenvalue weighted by Crippen LogP contribution is 2.32. The van der Waals surface area contributed by atoms with Crippen molar-refractivity contribution in [3.8, 4) is 0 Å². The number of hydrogen-bond donors (Lipinski definition) is 1. The van der Waals surface area contributed by atoms with Crippen molar-refractivity contribution in [2.75, 3.05) is 5.32 Å². The molecule has 0 bridgehead atoms. The Balaban J connectivity index is 3.21. The van der Waals surface area contributed by atoms with Crippen molar-refractivity contribution < 1.29 is 9.72 Å². The van der Waals surface area contributed by atoms with Gasteiger partial charge in [-0.15, -0.1) is 0 Å². The smallest absolute Gasteiger partial charge is 0.283 e. The Bertz CT molecular complexity index is 432. The lowest BCUT2D eigenvalue weighted by molar-refractivity contribution is -0.385. The molecule has 0 fully saturated rings. The van der Waals surface area contributed by atoms with Crippen LogP contribution in [-0.4, -0.2) is 10.8 Å². The molecule has 0 saturated carbocycles. The Morgan fingerprint density at radius 3 is 2.60 bits per heavy atom. The van der Waals surface area contributed by atoms with Crippen molar-refractivity contribution in [1.82, 2.24) is 0 Å². The Morgan fingerprint density at radius 2 is 2.13 bits per heavy atom. The van der Waals surface area contributed by atoms with E-state index in [0.717, 1.165) is 0 Å². The monoisotopic (exact) mass is 272 g/mol. The average molecular weight is 273 g/mol. The minimum absolute atomic E-state index is 0.0124. The molecule has 0 spiro atoms. The number of halogens is 1. The summed E-state index contributed by atoms with van der Waals surface area (Å²) in [7, 11) is 0. The summed E-state index contributed by atoms with van der Waals surface area (Å²) in [6.07, 6.45) is 0. The van der Waals surface area contributed by atoms with Gasteiger partial charge in [0.05, 0.1) is 4.92 Å². The Morgan fingerprint density at radius 1 is 1.53 bits per heavy atom. The summed E-state index contributed by atoms with van der Waals surface area (Å²) < 4.78 is 0.388. The summed E-state index contributed by atoms with van der Waals surface area (Å²) in [6.45, 7) is 3.08. The molecule has 1 amide bonds. The van der Waals surface area contributed by atoms with E-state index in [9.17, 15) is 14.9 Å². The third-order valence-electron chi connectivity index (χ3n) is 1.87. The Hall–Kier alpha value is -1.43. The second kappa shape index (κ2) is 4.39. The number of nitrogens with one attached hydrogen (secondary N) is 1. The molecule has 0 heterocycles. The van der Waals surface area contributed by atoms with E-state index < -0.39 is 4.92 Å². The van der Waals surface area contributed by atoms with Gasteiger partial charge in [-0.25, -0.2) is 0 Å². The number of nitro benzene ring substituents is 1. The number of nitro groups is 1. The van der Waals surface area contributed by atoms with E-state index >= 15 is 0 Å². The van der Waals surface area contributed by atoms with E-state index in [4.69, 9.17) is 0 Å². The van der Waals surface area contributed by atoms with Crippen LogP contribution in [0.25, 0.3) is 0 Å². The predicted molar refractivity (Wildman–Crippen MR) is 59.8 cm³/mol. The highest BCUT2D eigenvalue weighted by atomic mass is 79.9. The average Bonchev–Trinajstić information content (AvgIpc) is 2.12. The molecular formula is C9H9BrN2O3. The van der Waals surface area contributed by atoms with Gasteiger partial charge in [0.1, 0.15) is 4.47 Å². The van der Waals surface area contributed by atoms with E-state index in [1.54, 1.807) is 6.92 Å². The molecule has 0 aliphatic heterocycles. The minimum atomic E-state index is -0.478. The topological polar surface area (TPSA) is 72.2 Å². The van der Waals surface area contributed by atoms with Crippen LogP contribution >= 0.6 is 15.9 Å². The van der Waals surface area contributed by atoms with Crippen LogP contribution < -0.4 is 5.32 Å². The molecular weight excluding hydrogens is 264 g/mol. The van der Waals surface area contributed by atoms with Crippen LogP contribution in [0.1, 0.15) is 12.5 Å². The van der Waals surface area contributed by atoms with Gasteiger partial charge < -0.3 is 5.32 Å². The first-order valence-corrected chi connectivity index (χ1v) is 4.94. The van der Waals surface area contributed by atoms with E-state index in [1.807, 2.05) is 0 Å². The molecule has 6 heteroatoms. The number of anilines is 1. The molecule has 0 unspecified atom stereocenters. The van der Waals surface area contributed by atoms with Gasteiger partial charge in [-0.05, 0) is 34.5 Å². The highest BCUT2D eigenvalue weighted by Gasteiger charge is 2.16. The first kappa shape index (κ1) is 11.6. The molecule has 15 heavy (non-hydrogen) atoms. The molecule has 1 aromatic rings. The van der Waals surface area contributed by atoms with Gasteiger partial charge in [0.25, 0.3) is 5.69 Å². The molecule has 0 atom stereocenters. The fourth-order valence-electron chi connectivity index (χ4n) is 1.14. The molecule has 1 rings (SSSR count). The maximum Gasteiger partial charge on any atom is 0.283 e. The lowest BCUT2D eigenvalue weighted by Crippen LogP contribution is -2.07. The van der Waals surface area contributed by atoms with Gasteiger partial charge in [0.2, 0.25) is 5.91 Å². The standard InChI is InChI=1S/C9H9BrN2O3/c1-5-7(11-6(2)13)3-4-8(9(5)10)12(14)15/h3-4H,1-2H3,(H,11,13). The molecule has 1 aromatic carbocycles. The van der Waals surface area contributed by atoms with Crippen LogP contribution in [0.3, 0.4) is 0 Å². The van der Waals surface area contributed by atoms with Crippen LogP contribution in [-0.2, 0) is 4.79 Å². The molecule has 5 nitrogen and oxygen atoms in total. The number of nitrogens with zero attached hydrogens (tertiary/aromatic N) is 1. The van der Waals surface area contributed by atoms with Crippen LogP contribution in [0, 0.1) is 17.0 Å². The third-order valence-corrected chi connectivity index (χ3v) is 2.87. The maximum absolute atomic E-state index is 10.8. The van der Waals surface area contributed by atoms with Gasteiger partial charge in [-0.3, -0.25) is 14.9 Å². The van der Waals surface area contributed by atoms with Crippen molar-refractivity contribution in [1.29, 1.82) is 0 Å². The molecule has 0 aromatic heterocycles. The van der Waals surface area contributed by atoms with Crippen molar-refractivity contribution in [3.05, 3.63) is 32.3 Å². The van der Waals surface area contributed by atoms with Crippen LogP contribution in [0.4, 0.5) is 11.4 Å². The molecule has 0 radical (unpaired) electrons. The normalized spacial score (nSPS) is 9.80. The number of amides is 1. The van der Waals surface area contributed by atoms with E-state index in [-0.39, 0.29) is 11.6 Å². The predicted octanol–water partition coefficient (Wildman–Crippen LogP) is 2.62. The number of hydrogen-bond acceptors (Lipinski definition) is 3. The zero-order valence-corrected chi connectivity index (χ0v) is 9.79. The molecule has 80 valence electrons. The number of carbonyl (C=O) groups excluding carboxylic acids is 1. The molecule has 1 N–H and O–H groups in total. The first-order chi connectivity index (χ1) is 6.93. The molecule has 0 aliphatic rings. The van der Waals surface area contributed by atoms with Crippen molar-refractivity contribution in [2.45, 2.75) is 13.8 Å². The van der Waals surface area contributed by atoms with Gasteiger partial charge in [-0.2, -0.15) is 0 Å². The summed E-state index contributed by atoms with van der Waals surface area (Å²) in [5, 5.41) is 13.2. The first-order valence-electron chi connectivity index (χ1n) is 4.14. The molecule has 0 saturated heterocycles. The fraction of sp³-hybridized carbons (Fsp3) is 0.222. The number of benzene rings is 1. The number of rotatable bonds is 2. The Kier molecular flexibility index (Phi) is 3.41. The van der Waals surface area contributed by atoms with Crippen LogP contribution in [0.15, 0.2) is 16.6 Å². The van der Waals surface area contributed by atoms with Gasteiger partial charge in [-0.1, -0.05) is 0 Å². The quantitative estimate of drug-likeness (QED) is 0.665. The van der Waals surface area contributed by atoms with Gasteiger partial charge >= 0.3 is 0 Å². The van der Waals surface area contributed by atoms with Crippen LogP contribution in [0.5, 0.6) is 0 Å². The SMILES string of the molecule is CC(=O)Nc1ccc([N+](=O)[O-])c(Br)c1C. The summed E-state index contributed by atoms with van der Waals surface area (Å²) in [6, 6.07) is 2.86. The third kappa shape index (κ3) is 2.53. The zero-order chi connectivity index (χ0) is 11.6. The van der Waals surface area contributed by atoms with E-state index in [1.165, 1.54) is 19.1 Å². The van der Waals surface area contributed by atoms with Crippen molar-refractivity contribution in [2.24, 2.45) is 0 Å². The van der Waals surface area contributed by atoms with Crippen molar-refractivity contribution >= 4 is 33.2 Å². The second-order valence-electron chi connectivity index (χ2n) is 3.01. The lowest BCUT2D eigenvalue weighted by Gasteiger charge is -2.07. The summed E-state index contributed by atoms with van der Waals surface area (Å²) >= 11 is 3.13. The van der Waals surface area contributed by atoms with Crippen LogP contribution in [0.2, 0.25) is 0 Å². The fourth-order valence-corrected chi connectivity index (χ4v) is 1.63. The van der Waals surface area contributed by atoms with Crippen molar-refractivity contribution in [3.63, 3.8) is 0 Å². The lowest BCUT2D eigenvalue weighted by atomic mass is 10.2. The largest absolute Gasteiger partial charge is 0.326 e. The maximum atomic E-state index is 10.8. The summed E-state index contributed by atoms with van der Waals surface area (Å²) in [4.78, 5) is 21.0. The highest BCUT2D eigenvalue weighted by molar-refractivity contribution is 9.10. The Labute approximate surface area is 94.8 Å².